The lowest BCUT2D eigenvalue weighted by molar-refractivity contribution is 0.461. The van der Waals surface area contributed by atoms with Crippen molar-refractivity contribution in [3.63, 3.8) is 0 Å². The maximum Gasteiger partial charge on any atom is 0.0370 e. The molecule has 0 aliphatic heterocycles. The number of rotatable bonds is 11. The van der Waals surface area contributed by atoms with Gasteiger partial charge in [-0.15, -0.1) is 37.9 Å². The molecular formula is C37H65Cl. The van der Waals surface area contributed by atoms with E-state index in [0.717, 1.165) is 12.8 Å². The van der Waals surface area contributed by atoms with Crippen LogP contribution in [0.25, 0.3) is 0 Å². The van der Waals surface area contributed by atoms with E-state index in [1.54, 1.807) is 0 Å². The van der Waals surface area contributed by atoms with Gasteiger partial charge < -0.3 is 0 Å². The van der Waals surface area contributed by atoms with Gasteiger partial charge in [0, 0.05) is 5.38 Å². The fraction of sp³-hybridized carbons (Fsp3) is 0.622. The van der Waals surface area contributed by atoms with Crippen LogP contribution in [0.1, 0.15) is 143 Å². The van der Waals surface area contributed by atoms with E-state index in [1.807, 2.05) is 19.9 Å². The van der Waals surface area contributed by atoms with Crippen LogP contribution in [0, 0.1) is 11.8 Å². The maximum atomic E-state index is 6.45. The second kappa shape index (κ2) is 28.5. The van der Waals surface area contributed by atoms with Gasteiger partial charge in [0.15, 0.2) is 0 Å². The number of allylic oxidation sites excluding steroid dienone is 4. The molecule has 1 aromatic rings. The van der Waals surface area contributed by atoms with Gasteiger partial charge in [-0.25, -0.2) is 0 Å². The summed E-state index contributed by atoms with van der Waals surface area (Å²) in [4.78, 5) is 0. The lowest BCUT2D eigenvalue weighted by Crippen LogP contribution is -2.11. The largest absolute Gasteiger partial charge is 0.123 e. The molecule has 0 saturated heterocycles. The molecule has 1 saturated carbocycles. The molecule has 38 heavy (non-hydrogen) atoms. The summed E-state index contributed by atoms with van der Waals surface area (Å²) in [7, 11) is 0. The molecule has 1 aliphatic rings. The second-order valence-electron chi connectivity index (χ2n) is 10.3. The molecular weight excluding hydrogens is 480 g/mol. The molecule has 1 fully saturated rings. The molecule has 1 aliphatic carbocycles. The van der Waals surface area contributed by atoms with E-state index in [0.29, 0.717) is 29.0 Å². The number of benzene rings is 1. The average Bonchev–Trinajstić information content (AvgIpc) is 3.20. The van der Waals surface area contributed by atoms with Gasteiger partial charge in [-0.05, 0) is 87.2 Å². The molecule has 220 valence electrons. The van der Waals surface area contributed by atoms with Crippen LogP contribution in [-0.2, 0) is 0 Å². The Hall–Kier alpha value is -1.53. The Labute approximate surface area is 245 Å². The Kier molecular flexibility index (Phi) is 30.7. The van der Waals surface area contributed by atoms with Crippen molar-refractivity contribution < 1.29 is 0 Å². The van der Waals surface area contributed by atoms with E-state index in [2.05, 4.69) is 111 Å². The topological polar surface area (TPSA) is 0 Å². The smallest absolute Gasteiger partial charge is 0.0370 e. The van der Waals surface area contributed by atoms with Crippen LogP contribution < -0.4 is 0 Å². The number of hydrogen-bond acceptors (Lipinski definition) is 0. The molecule has 0 radical (unpaired) electrons. The van der Waals surface area contributed by atoms with Gasteiger partial charge in [-0.3, -0.25) is 0 Å². The molecule has 5 unspecified atom stereocenters. The normalized spacial score (nSPS) is 20.3. The fourth-order valence-corrected chi connectivity index (χ4v) is 5.13. The average molecular weight is 545 g/mol. The van der Waals surface area contributed by atoms with Crippen molar-refractivity contribution >= 4 is 11.6 Å². The zero-order valence-electron chi connectivity index (χ0n) is 27.0. The molecule has 2 rings (SSSR count). The van der Waals surface area contributed by atoms with Crippen LogP contribution in [0.4, 0.5) is 0 Å². The van der Waals surface area contributed by atoms with Gasteiger partial charge in [-0.1, -0.05) is 116 Å². The first kappa shape index (κ1) is 41.0. The monoisotopic (exact) mass is 544 g/mol. The number of halogens is 1. The minimum Gasteiger partial charge on any atom is -0.123 e. The molecule has 1 aromatic carbocycles. The zero-order chi connectivity index (χ0) is 29.9. The van der Waals surface area contributed by atoms with E-state index in [4.69, 9.17) is 11.6 Å². The first-order chi connectivity index (χ1) is 18.2. The molecule has 0 heterocycles. The summed E-state index contributed by atoms with van der Waals surface area (Å²) < 4.78 is 0. The van der Waals surface area contributed by atoms with Crippen molar-refractivity contribution in [2.45, 2.75) is 137 Å². The maximum absolute atomic E-state index is 6.45. The molecule has 0 aromatic heterocycles. The summed E-state index contributed by atoms with van der Waals surface area (Å²) >= 11 is 6.45. The van der Waals surface area contributed by atoms with E-state index in [9.17, 15) is 0 Å². The molecule has 1 heteroatoms. The van der Waals surface area contributed by atoms with Gasteiger partial charge in [0.05, 0.1) is 0 Å². The Balaban J connectivity index is -0.000000600. The summed E-state index contributed by atoms with van der Waals surface area (Å²) in [6.45, 7) is 32.8. The molecule has 0 bridgehead atoms. The number of unbranched alkanes of at least 4 members (excludes halogenated alkanes) is 3. The second-order valence-corrected chi connectivity index (χ2v) is 10.9. The van der Waals surface area contributed by atoms with E-state index in [1.165, 1.54) is 61.6 Å². The summed E-state index contributed by atoms with van der Waals surface area (Å²) in [6, 6.07) is 9.43. The fourth-order valence-electron chi connectivity index (χ4n) is 4.69. The Bertz CT molecular complexity index is 683. The predicted molar refractivity (Wildman–Crippen MR) is 181 cm³/mol. The third-order valence-corrected chi connectivity index (χ3v) is 7.55. The first-order valence-corrected chi connectivity index (χ1v) is 15.8. The third-order valence-electron chi connectivity index (χ3n) is 6.98. The van der Waals surface area contributed by atoms with Crippen LogP contribution in [-0.4, -0.2) is 5.38 Å². The van der Waals surface area contributed by atoms with Crippen LogP contribution in [0.15, 0.2) is 74.4 Å². The third kappa shape index (κ3) is 19.5. The Morgan fingerprint density at radius 1 is 1.05 bits per heavy atom. The highest BCUT2D eigenvalue weighted by molar-refractivity contribution is 6.21. The quantitative estimate of drug-likeness (QED) is 0.147. The summed E-state index contributed by atoms with van der Waals surface area (Å²) in [5, 5.41) is 0.345. The van der Waals surface area contributed by atoms with E-state index < -0.39 is 0 Å². The van der Waals surface area contributed by atoms with Crippen LogP contribution >= 0.6 is 11.6 Å². The summed E-state index contributed by atoms with van der Waals surface area (Å²) in [6.07, 6.45) is 17.4. The zero-order valence-corrected chi connectivity index (χ0v) is 27.8. The summed E-state index contributed by atoms with van der Waals surface area (Å²) in [5.41, 5.74) is 4.28. The lowest BCUT2D eigenvalue weighted by Gasteiger charge is -2.22. The Morgan fingerprint density at radius 3 is 2.00 bits per heavy atom. The van der Waals surface area contributed by atoms with Crippen LogP contribution in [0.5, 0.6) is 0 Å². The minimum atomic E-state index is 0.345. The Morgan fingerprint density at radius 2 is 1.61 bits per heavy atom. The molecule has 0 amide bonds. The van der Waals surface area contributed by atoms with Crippen molar-refractivity contribution in [2.24, 2.45) is 11.8 Å². The van der Waals surface area contributed by atoms with Crippen molar-refractivity contribution in [1.82, 2.24) is 0 Å². The molecule has 5 atom stereocenters. The highest BCUT2D eigenvalue weighted by Gasteiger charge is 2.37. The molecule has 0 nitrogen and oxygen atoms in total. The van der Waals surface area contributed by atoms with Crippen molar-refractivity contribution in [2.75, 3.05) is 0 Å². The lowest BCUT2D eigenvalue weighted by atomic mass is 9.83. The molecule has 0 N–H and O–H groups in total. The first-order valence-electron chi connectivity index (χ1n) is 15.3. The van der Waals surface area contributed by atoms with Crippen molar-refractivity contribution in [3.8, 4) is 0 Å². The van der Waals surface area contributed by atoms with Gasteiger partial charge in [-0.2, -0.15) is 0 Å². The van der Waals surface area contributed by atoms with Gasteiger partial charge >= 0.3 is 0 Å². The SMILES string of the molecule is C=C.C=C(C)CCC/C=C\C.C=CCC.CC.CCCCCC(C)c1ccc(C2C(C)CC(Cl)C2C)cc1. The van der Waals surface area contributed by atoms with E-state index >= 15 is 0 Å². The minimum absolute atomic E-state index is 0.345. The van der Waals surface area contributed by atoms with Crippen molar-refractivity contribution in [3.05, 3.63) is 85.5 Å². The van der Waals surface area contributed by atoms with Gasteiger partial charge in [0.25, 0.3) is 0 Å². The van der Waals surface area contributed by atoms with Crippen LogP contribution in [0.2, 0.25) is 0 Å². The highest BCUT2D eigenvalue weighted by Crippen LogP contribution is 2.46. The summed E-state index contributed by atoms with van der Waals surface area (Å²) in [5.74, 6) is 2.62. The van der Waals surface area contributed by atoms with Gasteiger partial charge in [0.1, 0.15) is 0 Å². The van der Waals surface area contributed by atoms with Gasteiger partial charge in [0.2, 0.25) is 0 Å². The van der Waals surface area contributed by atoms with E-state index in [-0.39, 0.29) is 0 Å². The van der Waals surface area contributed by atoms with Crippen molar-refractivity contribution in [1.29, 1.82) is 0 Å². The predicted octanol–water partition coefficient (Wildman–Crippen LogP) is 13.5. The number of alkyl halides is 1. The highest BCUT2D eigenvalue weighted by atomic mass is 35.5. The number of hydrogen-bond donors (Lipinski definition) is 0. The molecule has 0 spiro atoms. The standard InChI is InChI=1S/C20H31Cl.C9H16.C4H8.C2H6.C2H4/c1-5-6-7-8-14(2)17-9-11-18(12-10-17)20-15(3)13-19(21)16(20)4;1-4-5-6-7-8-9(2)3;1-3-4-2;2*1-2/h9-12,14-16,19-20H,5-8,13H2,1-4H3;4-5H,2,6-8H2,1,3H3;3H,1,4H2,2H3;1-2H3;1-2H2/b;5-4-;;;. The van der Waals surface area contributed by atoms with Crippen LogP contribution in [0.3, 0.4) is 0 Å².